The summed E-state index contributed by atoms with van der Waals surface area (Å²) >= 11 is 6.15. The molecule has 2 aromatic rings. The Morgan fingerprint density at radius 1 is 1.20 bits per heavy atom. The number of benzene rings is 1. The second kappa shape index (κ2) is 5.26. The van der Waals surface area contributed by atoms with E-state index in [1.807, 2.05) is 43.3 Å². The van der Waals surface area contributed by atoms with E-state index in [2.05, 4.69) is 5.32 Å². The molecule has 1 aromatic heterocycles. The summed E-state index contributed by atoms with van der Waals surface area (Å²) in [5, 5.41) is 2.43. The molecule has 3 rings (SSSR count). The highest BCUT2D eigenvalue weighted by Gasteiger charge is 2.21. The first-order chi connectivity index (χ1) is 9.61. The Kier molecular flexibility index (Phi) is 3.46. The van der Waals surface area contributed by atoms with Crippen LogP contribution in [0.1, 0.15) is 11.3 Å². The minimum Gasteiger partial charge on any atom is -0.457 e. The zero-order valence-electron chi connectivity index (χ0n) is 10.7. The van der Waals surface area contributed by atoms with Gasteiger partial charge in [0.15, 0.2) is 0 Å². The summed E-state index contributed by atoms with van der Waals surface area (Å²) in [4.78, 5) is 12.4. The quantitative estimate of drug-likeness (QED) is 0.660. The van der Waals surface area contributed by atoms with E-state index >= 15 is 0 Å². The molecule has 1 aliphatic heterocycles. The molecular formula is C15H11NO2S2. The molecule has 0 saturated carbocycles. The van der Waals surface area contributed by atoms with Crippen LogP contribution < -0.4 is 5.32 Å². The van der Waals surface area contributed by atoms with Crippen LogP contribution in [-0.2, 0) is 0 Å². The molecule has 1 N–H and O–H groups in total. The Morgan fingerprint density at radius 3 is 2.60 bits per heavy atom. The van der Waals surface area contributed by atoms with Crippen LogP contribution in [0, 0.1) is 6.92 Å². The third kappa shape index (κ3) is 2.69. The van der Waals surface area contributed by atoms with Crippen molar-refractivity contribution in [1.29, 1.82) is 0 Å². The maximum Gasteiger partial charge on any atom is 0.289 e. The minimum absolute atomic E-state index is 0.147. The molecule has 3 nitrogen and oxygen atoms in total. The van der Waals surface area contributed by atoms with Crippen LogP contribution in [0.2, 0.25) is 0 Å². The SMILES string of the molecule is Cc1ccc(-c2ccc(/C=C3\SC(=O)NC3=S)o2)cc1. The number of hydrogen-bond donors (Lipinski definition) is 1. The van der Waals surface area contributed by atoms with Crippen LogP contribution in [0.5, 0.6) is 0 Å². The highest BCUT2D eigenvalue weighted by molar-refractivity contribution is 8.19. The van der Waals surface area contributed by atoms with Gasteiger partial charge in [0.2, 0.25) is 0 Å². The van der Waals surface area contributed by atoms with Gasteiger partial charge in [-0.15, -0.1) is 0 Å². The second-order valence-corrected chi connectivity index (χ2v) is 5.84. The van der Waals surface area contributed by atoms with Crippen LogP contribution in [0.25, 0.3) is 17.4 Å². The largest absolute Gasteiger partial charge is 0.457 e. The summed E-state index contributed by atoms with van der Waals surface area (Å²) < 4.78 is 5.77. The van der Waals surface area contributed by atoms with E-state index in [9.17, 15) is 4.79 Å². The first-order valence-electron chi connectivity index (χ1n) is 6.03. The van der Waals surface area contributed by atoms with Crippen molar-refractivity contribution in [2.75, 3.05) is 0 Å². The number of furan rings is 1. The van der Waals surface area contributed by atoms with Gasteiger partial charge >= 0.3 is 0 Å². The van der Waals surface area contributed by atoms with Gasteiger partial charge in [-0.2, -0.15) is 0 Å². The summed E-state index contributed by atoms with van der Waals surface area (Å²) in [6.45, 7) is 2.05. The van der Waals surface area contributed by atoms with Crippen LogP contribution in [0.3, 0.4) is 0 Å². The minimum atomic E-state index is -0.147. The molecule has 0 spiro atoms. The monoisotopic (exact) mass is 301 g/mol. The predicted molar refractivity (Wildman–Crippen MR) is 85.6 cm³/mol. The fourth-order valence-electron chi connectivity index (χ4n) is 1.85. The molecule has 1 amide bonds. The lowest BCUT2D eigenvalue weighted by Crippen LogP contribution is -2.15. The average molecular weight is 301 g/mol. The lowest BCUT2D eigenvalue weighted by Gasteiger charge is -1.97. The van der Waals surface area contributed by atoms with E-state index < -0.39 is 0 Å². The average Bonchev–Trinajstić information content (AvgIpc) is 2.98. The molecule has 20 heavy (non-hydrogen) atoms. The number of aryl methyl sites for hydroxylation is 1. The van der Waals surface area contributed by atoms with Crippen LogP contribution in [-0.4, -0.2) is 10.2 Å². The molecule has 1 fully saturated rings. The molecule has 0 atom stereocenters. The van der Waals surface area contributed by atoms with Gasteiger partial charge in [-0.25, -0.2) is 0 Å². The van der Waals surface area contributed by atoms with Gasteiger partial charge in [0.25, 0.3) is 5.24 Å². The summed E-state index contributed by atoms with van der Waals surface area (Å²) in [7, 11) is 0. The van der Waals surface area contributed by atoms with Crippen molar-refractivity contribution in [3.8, 4) is 11.3 Å². The molecule has 0 unspecified atom stereocenters. The summed E-state index contributed by atoms with van der Waals surface area (Å²) in [6, 6.07) is 11.9. The smallest absolute Gasteiger partial charge is 0.289 e. The molecular weight excluding hydrogens is 290 g/mol. The van der Waals surface area contributed by atoms with E-state index in [0.717, 1.165) is 28.0 Å². The highest BCUT2D eigenvalue weighted by atomic mass is 32.2. The highest BCUT2D eigenvalue weighted by Crippen LogP contribution is 2.29. The summed E-state index contributed by atoms with van der Waals surface area (Å²) in [5.41, 5.74) is 2.23. The number of thiocarbonyl (C=S) groups is 1. The third-order valence-corrected chi connectivity index (χ3v) is 4.16. The Labute approximate surface area is 126 Å². The zero-order valence-corrected chi connectivity index (χ0v) is 12.3. The maximum absolute atomic E-state index is 11.2. The topological polar surface area (TPSA) is 42.2 Å². The summed E-state index contributed by atoms with van der Waals surface area (Å²) in [5.74, 6) is 1.48. The van der Waals surface area contributed by atoms with Crippen molar-refractivity contribution < 1.29 is 9.21 Å². The Hall–Kier alpha value is -1.85. The van der Waals surface area contributed by atoms with E-state index in [1.165, 1.54) is 5.56 Å². The number of carbonyl (C=O) groups excluding carboxylic acids is 1. The number of rotatable bonds is 2. The van der Waals surface area contributed by atoms with Gasteiger partial charge in [0.05, 0.1) is 4.91 Å². The fraction of sp³-hybridized carbons (Fsp3) is 0.0667. The number of hydrogen-bond acceptors (Lipinski definition) is 4. The first-order valence-corrected chi connectivity index (χ1v) is 7.26. The molecule has 1 saturated heterocycles. The lowest BCUT2D eigenvalue weighted by molar-refractivity contribution is 0.265. The normalized spacial score (nSPS) is 16.8. The van der Waals surface area contributed by atoms with Gasteiger partial charge in [-0.05, 0) is 36.9 Å². The van der Waals surface area contributed by atoms with Gasteiger partial charge in [0, 0.05) is 5.56 Å². The zero-order chi connectivity index (χ0) is 14.1. The molecule has 0 radical (unpaired) electrons. The summed E-state index contributed by atoms with van der Waals surface area (Å²) in [6.07, 6.45) is 1.78. The first kappa shape index (κ1) is 13.1. The van der Waals surface area contributed by atoms with Crippen molar-refractivity contribution in [1.82, 2.24) is 5.32 Å². The number of amides is 1. The van der Waals surface area contributed by atoms with Crippen molar-refractivity contribution in [2.45, 2.75) is 6.92 Å². The standard InChI is InChI=1S/C15H11NO2S2/c1-9-2-4-10(5-3-9)12-7-6-11(18-12)8-13-14(19)16-15(17)20-13/h2-8H,1H3,(H,16,17,19)/b13-8-. The van der Waals surface area contributed by atoms with E-state index in [1.54, 1.807) is 6.08 Å². The van der Waals surface area contributed by atoms with E-state index in [4.69, 9.17) is 16.6 Å². The van der Waals surface area contributed by atoms with Crippen molar-refractivity contribution >= 4 is 40.3 Å². The Morgan fingerprint density at radius 2 is 1.95 bits per heavy atom. The second-order valence-electron chi connectivity index (χ2n) is 4.42. The van der Waals surface area contributed by atoms with Gasteiger partial charge in [-0.3, -0.25) is 4.79 Å². The van der Waals surface area contributed by atoms with Gasteiger partial charge in [-0.1, -0.05) is 42.0 Å². The Balaban J connectivity index is 1.87. The van der Waals surface area contributed by atoms with Gasteiger partial charge < -0.3 is 9.73 Å². The fourth-order valence-corrected chi connectivity index (χ4v) is 2.87. The van der Waals surface area contributed by atoms with Crippen LogP contribution >= 0.6 is 24.0 Å². The maximum atomic E-state index is 11.2. The number of carbonyl (C=O) groups is 1. The van der Waals surface area contributed by atoms with E-state index in [-0.39, 0.29) is 5.24 Å². The molecule has 0 aliphatic carbocycles. The van der Waals surface area contributed by atoms with Crippen LogP contribution in [0.15, 0.2) is 45.7 Å². The number of thioether (sulfide) groups is 1. The third-order valence-electron chi connectivity index (χ3n) is 2.88. The van der Waals surface area contributed by atoms with Crippen molar-refractivity contribution in [2.24, 2.45) is 0 Å². The molecule has 0 bridgehead atoms. The van der Waals surface area contributed by atoms with Gasteiger partial charge in [0.1, 0.15) is 16.5 Å². The molecule has 2 heterocycles. The molecule has 5 heteroatoms. The van der Waals surface area contributed by atoms with E-state index in [0.29, 0.717) is 10.7 Å². The number of nitrogens with one attached hydrogen (secondary N) is 1. The lowest BCUT2D eigenvalue weighted by atomic mass is 10.1. The molecule has 1 aromatic carbocycles. The Bertz CT molecular complexity index is 714. The predicted octanol–water partition coefficient (Wildman–Crippen LogP) is 4.38. The van der Waals surface area contributed by atoms with Crippen LogP contribution in [0.4, 0.5) is 4.79 Å². The molecule has 1 aliphatic rings. The molecule has 100 valence electrons. The van der Waals surface area contributed by atoms with Crippen molar-refractivity contribution in [3.05, 3.63) is 52.6 Å². The van der Waals surface area contributed by atoms with Crippen molar-refractivity contribution in [3.63, 3.8) is 0 Å².